The lowest BCUT2D eigenvalue weighted by Gasteiger charge is -2.40. The smallest absolute Gasteiger partial charge is 0.109 e. The van der Waals surface area contributed by atoms with Crippen LogP contribution >= 0.6 is 0 Å². The predicted octanol–water partition coefficient (Wildman–Crippen LogP) is -3.93. The number of rotatable bonds is 0. The Labute approximate surface area is 146 Å². The molecule has 0 unspecified atom stereocenters. The van der Waals surface area contributed by atoms with Crippen molar-refractivity contribution in [2.45, 2.75) is 74.1 Å². The summed E-state index contributed by atoms with van der Waals surface area (Å²) in [6.07, 6.45) is -3.28. The van der Waals surface area contributed by atoms with Crippen molar-refractivity contribution in [3.8, 4) is 0 Å². The second-order valence-electron chi connectivity index (χ2n) is 7.64. The molecule has 4 heterocycles. The van der Waals surface area contributed by atoms with Gasteiger partial charge < -0.3 is 35.7 Å². The average Bonchev–Trinajstić information content (AvgIpc) is 3.07. The molecule has 4 rings (SSSR count). The van der Waals surface area contributed by atoms with Crippen LogP contribution in [0.5, 0.6) is 0 Å². The van der Waals surface area contributed by atoms with Crippen LogP contribution in [0.4, 0.5) is 0 Å². The van der Waals surface area contributed by atoms with Gasteiger partial charge in [0.25, 0.3) is 0 Å². The summed E-state index contributed by atoms with van der Waals surface area (Å²) in [5, 5.41) is 66.2. The standard InChI is InChI=1S/C8H15NO4.C8H15NO3/c10-4-1-2-9-3-5(11)7(12)8(13)6(4)9;10-5-2-1-3-9-4-6(11)8(12)7(5)9/h4-8,10-13H,1-3H2;5-8,10-12H,1-4H2/t4-,5-,6+,7+,8+;5-,6-,7-,8-/m01/s1. The molecule has 0 aromatic heterocycles. The molecule has 4 aliphatic rings. The first-order chi connectivity index (χ1) is 11.8. The molecule has 0 amide bonds. The van der Waals surface area contributed by atoms with Gasteiger partial charge in [0, 0.05) is 19.6 Å². The lowest BCUT2D eigenvalue weighted by atomic mass is 9.93. The Bertz CT molecular complexity index is 456. The summed E-state index contributed by atoms with van der Waals surface area (Å²) in [5.74, 6) is 0. The van der Waals surface area contributed by atoms with Crippen molar-refractivity contribution in [2.24, 2.45) is 0 Å². The van der Waals surface area contributed by atoms with Crippen molar-refractivity contribution < 1.29 is 35.7 Å². The number of piperidine rings is 2. The summed E-state index contributed by atoms with van der Waals surface area (Å²) in [5.41, 5.74) is 0. The SMILES string of the molecule is O[C@H]1[C@H](O)[C@@H](O)CN2CC[C@H](O)[C@H]12.O[C@H]1[C@H]2[C@H](O)CCCN2C[C@H]1O. The van der Waals surface area contributed by atoms with E-state index in [2.05, 4.69) is 0 Å². The van der Waals surface area contributed by atoms with E-state index in [1.807, 2.05) is 9.80 Å². The van der Waals surface area contributed by atoms with Crippen molar-refractivity contribution >= 4 is 0 Å². The van der Waals surface area contributed by atoms with Crippen molar-refractivity contribution in [3.05, 3.63) is 0 Å². The molecule has 0 spiro atoms. The topological polar surface area (TPSA) is 148 Å². The van der Waals surface area contributed by atoms with Gasteiger partial charge >= 0.3 is 0 Å². The molecule has 4 saturated heterocycles. The van der Waals surface area contributed by atoms with Crippen molar-refractivity contribution in [3.63, 3.8) is 0 Å². The highest BCUT2D eigenvalue weighted by Crippen LogP contribution is 2.28. The Hall–Kier alpha value is -0.360. The van der Waals surface area contributed by atoms with Crippen LogP contribution in [0.3, 0.4) is 0 Å². The minimum absolute atomic E-state index is 0.228. The van der Waals surface area contributed by atoms with Gasteiger partial charge in [-0.05, 0) is 25.8 Å². The normalized spacial score (nSPS) is 50.8. The van der Waals surface area contributed by atoms with Crippen LogP contribution in [-0.4, -0.2) is 127 Å². The number of nitrogens with zero attached hydrogens (tertiary/aromatic N) is 2. The molecule has 0 aromatic carbocycles. The average molecular weight is 362 g/mol. The Morgan fingerprint density at radius 2 is 1.04 bits per heavy atom. The van der Waals surface area contributed by atoms with E-state index in [0.717, 1.165) is 19.4 Å². The lowest BCUT2D eigenvalue weighted by Crippen LogP contribution is -2.61. The fourth-order valence-electron chi connectivity index (χ4n) is 4.59. The number of aliphatic hydroxyl groups is 7. The van der Waals surface area contributed by atoms with Gasteiger partial charge in [0.15, 0.2) is 0 Å². The monoisotopic (exact) mass is 362 g/mol. The van der Waals surface area contributed by atoms with Crippen LogP contribution in [-0.2, 0) is 0 Å². The second-order valence-corrected chi connectivity index (χ2v) is 7.64. The zero-order valence-corrected chi connectivity index (χ0v) is 14.2. The number of hydrogen-bond donors (Lipinski definition) is 7. The van der Waals surface area contributed by atoms with Gasteiger partial charge in [-0.1, -0.05) is 0 Å². The maximum absolute atomic E-state index is 9.58. The van der Waals surface area contributed by atoms with E-state index in [9.17, 15) is 35.7 Å². The lowest BCUT2D eigenvalue weighted by molar-refractivity contribution is -0.140. The van der Waals surface area contributed by atoms with Crippen molar-refractivity contribution in [2.75, 3.05) is 26.2 Å². The summed E-state index contributed by atoms with van der Waals surface area (Å²) in [6, 6.07) is -0.632. The Kier molecular flexibility index (Phi) is 5.98. The summed E-state index contributed by atoms with van der Waals surface area (Å²) in [4.78, 5) is 3.80. The highest BCUT2D eigenvalue weighted by atomic mass is 16.4. The van der Waals surface area contributed by atoms with Crippen LogP contribution in [0.2, 0.25) is 0 Å². The van der Waals surface area contributed by atoms with Crippen LogP contribution in [0.15, 0.2) is 0 Å². The van der Waals surface area contributed by atoms with E-state index in [4.69, 9.17) is 0 Å². The summed E-state index contributed by atoms with van der Waals surface area (Å²) in [7, 11) is 0. The van der Waals surface area contributed by atoms with Crippen LogP contribution < -0.4 is 0 Å². The maximum atomic E-state index is 9.58. The molecular formula is C16H30N2O7. The van der Waals surface area contributed by atoms with Gasteiger partial charge in [0.1, 0.15) is 12.2 Å². The zero-order valence-electron chi connectivity index (χ0n) is 14.2. The molecule has 0 bridgehead atoms. The highest BCUT2D eigenvalue weighted by Gasteiger charge is 2.47. The molecule has 0 radical (unpaired) electrons. The third kappa shape index (κ3) is 3.71. The number of aliphatic hydroxyl groups excluding tert-OH is 7. The molecular weight excluding hydrogens is 332 g/mol. The first-order valence-corrected chi connectivity index (χ1v) is 9.06. The van der Waals surface area contributed by atoms with E-state index in [-0.39, 0.29) is 6.04 Å². The van der Waals surface area contributed by atoms with Crippen LogP contribution in [0.1, 0.15) is 19.3 Å². The van der Waals surface area contributed by atoms with Gasteiger partial charge in [-0.25, -0.2) is 0 Å². The van der Waals surface area contributed by atoms with Crippen molar-refractivity contribution in [1.29, 1.82) is 0 Å². The summed E-state index contributed by atoms with van der Waals surface area (Å²) >= 11 is 0. The molecule has 0 saturated carbocycles. The van der Waals surface area contributed by atoms with Crippen LogP contribution in [0.25, 0.3) is 0 Å². The van der Waals surface area contributed by atoms with E-state index in [1.54, 1.807) is 0 Å². The molecule has 7 N–H and O–H groups in total. The van der Waals surface area contributed by atoms with E-state index in [1.165, 1.54) is 0 Å². The first kappa shape index (κ1) is 19.4. The third-order valence-corrected chi connectivity index (χ3v) is 5.97. The largest absolute Gasteiger partial charge is 0.391 e. The van der Waals surface area contributed by atoms with Crippen LogP contribution in [0, 0.1) is 0 Å². The molecule has 9 atom stereocenters. The van der Waals surface area contributed by atoms with Gasteiger partial charge in [-0.15, -0.1) is 0 Å². The van der Waals surface area contributed by atoms with Crippen molar-refractivity contribution in [1.82, 2.24) is 9.80 Å². The Morgan fingerprint density at radius 3 is 1.68 bits per heavy atom. The quantitative estimate of drug-likeness (QED) is 0.229. The number of hydrogen-bond acceptors (Lipinski definition) is 9. The maximum Gasteiger partial charge on any atom is 0.109 e. The predicted molar refractivity (Wildman–Crippen MR) is 86.6 cm³/mol. The first-order valence-electron chi connectivity index (χ1n) is 9.06. The molecule has 146 valence electrons. The Morgan fingerprint density at radius 1 is 0.520 bits per heavy atom. The molecule has 9 nitrogen and oxygen atoms in total. The van der Waals surface area contributed by atoms with E-state index >= 15 is 0 Å². The fourth-order valence-corrected chi connectivity index (χ4v) is 4.59. The minimum atomic E-state index is -1.13. The summed E-state index contributed by atoms with van der Waals surface area (Å²) in [6.45, 7) is 2.39. The minimum Gasteiger partial charge on any atom is -0.391 e. The van der Waals surface area contributed by atoms with Gasteiger partial charge in [-0.2, -0.15) is 0 Å². The Balaban J connectivity index is 0.000000146. The molecule has 25 heavy (non-hydrogen) atoms. The van der Waals surface area contributed by atoms with E-state index in [0.29, 0.717) is 26.1 Å². The van der Waals surface area contributed by atoms with E-state index < -0.39 is 48.8 Å². The highest BCUT2D eigenvalue weighted by molar-refractivity contribution is 5.01. The zero-order chi connectivity index (χ0) is 18.3. The second kappa shape index (κ2) is 7.71. The molecule has 4 fully saturated rings. The molecule has 9 heteroatoms. The molecule has 0 aliphatic carbocycles. The van der Waals surface area contributed by atoms with Gasteiger partial charge in [-0.3, -0.25) is 9.80 Å². The molecule has 0 aromatic rings. The third-order valence-electron chi connectivity index (χ3n) is 5.97. The number of fused-ring (bicyclic) bond motifs is 2. The van der Waals surface area contributed by atoms with Gasteiger partial charge in [0.2, 0.25) is 0 Å². The summed E-state index contributed by atoms with van der Waals surface area (Å²) < 4.78 is 0. The fraction of sp³-hybridized carbons (Fsp3) is 1.00. The van der Waals surface area contributed by atoms with Gasteiger partial charge in [0.05, 0.1) is 42.6 Å². The molecule has 4 aliphatic heterocycles.